The van der Waals surface area contributed by atoms with E-state index in [9.17, 15) is 14.0 Å². The minimum atomic E-state index is -0.926. The second-order valence-corrected chi connectivity index (χ2v) is 5.64. The summed E-state index contributed by atoms with van der Waals surface area (Å²) in [7, 11) is 0. The summed E-state index contributed by atoms with van der Waals surface area (Å²) < 4.78 is 18.5. The maximum absolute atomic E-state index is 13.2. The molecule has 0 aliphatic carbocycles. The maximum atomic E-state index is 13.2. The van der Waals surface area contributed by atoms with Gasteiger partial charge in [0.15, 0.2) is 0 Å². The first-order valence-electron chi connectivity index (χ1n) is 7.40. The summed E-state index contributed by atoms with van der Waals surface area (Å²) in [5.41, 5.74) is 0.386. The van der Waals surface area contributed by atoms with Crippen LogP contribution in [0.4, 0.5) is 4.39 Å². The standard InChI is InChI=1S/C15H18FN3O3/c16-11-3-5-19(9-11)14(20)13-6-12(8-18-13)22-15(21)10-2-1-4-17-7-10/h1-2,4,7,11-13,18H,3,5-6,8-9H2/t11?,12-,13-/m0/s1. The van der Waals surface area contributed by atoms with Crippen LogP contribution in [0.15, 0.2) is 24.5 Å². The number of halogens is 1. The molecule has 1 N–H and O–H groups in total. The van der Waals surface area contributed by atoms with Crippen molar-refractivity contribution in [2.45, 2.75) is 31.2 Å². The monoisotopic (exact) mass is 307 g/mol. The number of esters is 1. The van der Waals surface area contributed by atoms with Gasteiger partial charge >= 0.3 is 5.97 Å². The first-order chi connectivity index (χ1) is 10.6. The molecule has 0 spiro atoms. The smallest absolute Gasteiger partial charge is 0.340 e. The van der Waals surface area contributed by atoms with Crippen LogP contribution in [0.5, 0.6) is 0 Å². The molecule has 2 aliphatic rings. The first kappa shape index (κ1) is 14.9. The SMILES string of the molecule is O=C(O[C@@H]1CN[C@H](C(=O)N2CCC(F)C2)C1)c1cccnc1. The predicted octanol–water partition coefficient (Wildman–Crippen LogP) is 0.539. The summed E-state index contributed by atoms with van der Waals surface area (Å²) in [5.74, 6) is -0.557. The van der Waals surface area contributed by atoms with Crippen molar-refractivity contribution in [1.82, 2.24) is 15.2 Å². The van der Waals surface area contributed by atoms with E-state index in [0.29, 0.717) is 31.5 Å². The number of carbonyl (C=O) groups is 2. The van der Waals surface area contributed by atoms with Crippen LogP contribution >= 0.6 is 0 Å². The zero-order valence-corrected chi connectivity index (χ0v) is 12.1. The number of nitrogens with one attached hydrogen (secondary N) is 1. The van der Waals surface area contributed by atoms with Gasteiger partial charge in [0.2, 0.25) is 5.91 Å². The van der Waals surface area contributed by atoms with Gasteiger partial charge in [-0.1, -0.05) is 0 Å². The third-order valence-corrected chi connectivity index (χ3v) is 4.00. The molecule has 0 aromatic carbocycles. The van der Waals surface area contributed by atoms with Gasteiger partial charge in [0, 0.05) is 31.9 Å². The summed E-state index contributed by atoms with van der Waals surface area (Å²) in [6.45, 7) is 1.05. The molecule has 6 nitrogen and oxygen atoms in total. The van der Waals surface area contributed by atoms with Crippen molar-refractivity contribution in [2.75, 3.05) is 19.6 Å². The zero-order valence-electron chi connectivity index (χ0n) is 12.1. The molecule has 2 saturated heterocycles. The van der Waals surface area contributed by atoms with Gasteiger partial charge in [-0.25, -0.2) is 9.18 Å². The second kappa shape index (κ2) is 6.39. The summed E-state index contributed by atoms with van der Waals surface area (Å²) in [6, 6.07) is 2.89. The zero-order chi connectivity index (χ0) is 15.5. The van der Waals surface area contributed by atoms with Gasteiger partial charge in [-0.2, -0.15) is 0 Å². The van der Waals surface area contributed by atoms with E-state index in [1.807, 2.05) is 0 Å². The third kappa shape index (κ3) is 3.24. The number of rotatable bonds is 3. The van der Waals surface area contributed by atoms with Gasteiger partial charge in [0.1, 0.15) is 12.3 Å². The summed E-state index contributed by atoms with van der Waals surface area (Å²) in [5, 5.41) is 3.05. The Balaban J connectivity index is 1.52. The molecular formula is C15H18FN3O3. The highest BCUT2D eigenvalue weighted by molar-refractivity contribution is 5.89. The lowest BCUT2D eigenvalue weighted by Gasteiger charge is -2.19. The van der Waals surface area contributed by atoms with Crippen molar-refractivity contribution in [2.24, 2.45) is 0 Å². The molecule has 3 atom stereocenters. The van der Waals surface area contributed by atoms with Crippen molar-refractivity contribution < 1.29 is 18.7 Å². The van der Waals surface area contributed by atoms with Crippen molar-refractivity contribution in [1.29, 1.82) is 0 Å². The van der Waals surface area contributed by atoms with Crippen molar-refractivity contribution in [3.8, 4) is 0 Å². The molecular weight excluding hydrogens is 289 g/mol. The molecule has 2 fully saturated rings. The fourth-order valence-electron chi connectivity index (χ4n) is 2.82. The van der Waals surface area contributed by atoms with Crippen molar-refractivity contribution in [3.63, 3.8) is 0 Å². The van der Waals surface area contributed by atoms with Gasteiger partial charge in [-0.15, -0.1) is 0 Å². The topological polar surface area (TPSA) is 71.5 Å². The van der Waals surface area contributed by atoms with E-state index in [2.05, 4.69) is 10.3 Å². The molecule has 1 aromatic rings. The molecule has 7 heteroatoms. The van der Waals surface area contributed by atoms with Crippen LogP contribution < -0.4 is 5.32 Å². The van der Waals surface area contributed by atoms with Crippen LogP contribution in [0.1, 0.15) is 23.2 Å². The molecule has 1 amide bonds. The van der Waals surface area contributed by atoms with Crippen LogP contribution in [0.2, 0.25) is 0 Å². The number of alkyl halides is 1. The Morgan fingerprint density at radius 1 is 1.45 bits per heavy atom. The van der Waals surface area contributed by atoms with Crippen molar-refractivity contribution >= 4 is 11.9 Å². The molecule has 0 bridgehead atoms. The van der Waals surface area contributed by atoms with Crippen LogP contribution in [-0.2, 0) is 9.53 Å². The Morgan fingerprint density at radius 3 is 3.00 bits per heavy atom. The fourth-order valence-corrected chi connectivity index (χ4v) is 2.82. The Kier molecular flexibility index (Phi) is 4.33. The number of hydrogen-bond donors (Lipinski definition) is 1. The quantitative estimate of drug-likeness (QED) is 0.825. The Bertz CT molecular complexity index is 554. The van der Waals surface area contributed by atoms with Crippen LogP contribution in [0.3, 0.4) is 0 Å². The van der Waals surface area contributed by atoms with Crippen LogP contribution in [0.25, 0.3) is 0 Å². The number of hydrogen-bond acceptors (Lipinski definition) is 5. The van der Waals surface area contributed by atoms with E-state index in [0.717, 1.165) is 0 Å². The minimum absolute atomic E-state index is 0.111. The van der Waals surface area contributed by atoms with E-state index in [-0.39, 0.29) is 18.6 Å². The maximum Gasteiger partial charge on any atom is 0.340 e. The molecule has 118 valence electrons. The van der Waals surface area contributed by atoms with Crippen LogP contribution in [0, 0.1) is 0 Å². The second-order valence-electron chi connectivity index (χ2n) is 5.64. The van der Waals surface area contributed by atoms with E-state index < -0.39 is 18.2 Å². The lowest BCUT2D eigenvalue weighted by molar-refractivity contribution is -0.132. The molecule has 22 heavy (non-hydrogen) atoms. The van der Waals surface area contributed by atoms with E-state index in [1.165, 1.54) is 11.1 Å². The van der Waals surface area contributed by atoms with E-state index in [1.54, 1.807) is 18.3 Å². The highest BCUT2D eigenvalue weighted by Crippen LogP contribution is 2.18. The molecule has 2 aliphatic heterocycles. The number of ether oxygens (including phenoxy) is 1. The molecule has 3 rings (SSSR count). The number of carbonyl (C=O) groups excluding carboxylic acids is 2. The predicted molar refractivity (Wildman–Crippen MR) is 75.9 cm³/mol. The van der Waals surface area contributed by atoms with Crippen LogP contribution in [-0.4, -0.2) is 59.7 Å². The summed E-state index contributed by atoms with van der Waals surface area (Å²) >= 11 is 0. The lowest BCUT2D eigenvalue weighted by atomic mass is 10.2. The van der Waals surface area contributed by atoms with E-state index >= 15 is 0 Å². The highest BCUT2D eigenvalue weighted by Gasteiger charge is 2.36. The average molecular weight is 307 g/mol. The van der Waals surface area contributed by atoms with Gasteiger partial charge in [-0.3, -0.25) is 9.78 Å². The van der Waals surface area contributed by atoms with Gasteiger partial charge < -0.3 is 15.0 Å². The molecule has 3 heterocycles. The number of amides is 1. The molecule has 1 aromatic heterocycles. The molecule has 1 unspecified atom stereocenters. The Hall–Kier alpha value is -2.02. The Labute approximate surface area is 127 Å². The van der Waals surface area contributed by atoms with E-state index in [4.69, 9.17) is 4.74 Å². The van der Waals surface area contributed by atoms with Gasteiger partial charge in [0.05, 0.1) is 18.2 Å². The highest BCUT2D eigenvalue weighted by atomic mass is 19.1. The third-order valence-electron chi connectivity index (χ3n) is 4.00. The van der Waals surface area contributed by atoms with Gasteiger partial charge in [-0.05, 0) is 18.6 Å². The number of pyridine rings is 1. The average Bonchev–Trinajstić information content (AvgIpc) is 3.16. The molecule has 0 saturated carbocycles. The fraction of sp³-hybridized carbons (Fsp3) is 0.533. The minimum Gasteiger partial charge on any atom is -0.457 e. The number of nitrogens with zero attached hydrogens (tertiary/aromatic N) is 2. The normalized spacial score (nSPS) is 27.9. The van der Waals surface area contributed by atoms with Gasteiger partial charge in [0.25, 0.3) is 0 Å². The van der Waals surface area contributed by atoms with Crippen molar-refractivity contribution in [3.05, 3.63) is 30.1 Å². The largest absolute Gasteiger partial charge is 0.457 e. The lowest BCUT2D eigenvalue weighted by Crippen LogP contribution is -2.42. The Morgan fingerprint density at radius 2 is 2.32 bits per heavy atom. The summed E-state index contributed by atoms with van der Waals surface area (Å²) in [4.78, 5) is 29.6. The summed E-state index contributed by atoms with van der Waals surface area (Å²) in [6.07, 6.45) is 2.56. The number of likely N-dealkylation sites (tertiary alicyclic amines) is 1. The first-order valence-corrected chi connectivity index (χ1v) is 7.40. The molecule has 0 radical (unpaired) electrons. The number of aromatic nitrogens is 1.